The van der Waals surface area contributed by atoms with E-state index in [1.165, 1.54) is 16.2 Å². The van der Waals surface area contributed by atoms with Crippen LogP contribution in [-0.4, -0.2) is 34.5 Å². The van der Waals surface area contributed by atoms with Crippen LogP contribution in [0.1, 0.15) is 35.2 Å². The van der Waals surface area contributed by atoms with Gasteiger partial charge in [-0.25, -0.2) is 4.98 Å². The lowest BCUT2D eigenvalue weighted by molar-refractivity contribution is -0.132. The lowest BCUT2D eigenvalue weighted by Crippen LogP contribution is -2.29. The van der Waals surface area contributed by atoms with E-state index in [9.17, 15) is 14.7 Å². The fourth-order valence-corrected chi connectivity index (χ4v) is 6.18. The smallest absolute Gasteiger partial charge is 0.301 e. The molecule has 1 N–H and O–H groups in total. The van der Waals surface area contributed by atoms with Gasteiger partial charge in [0.2, 0.25) is 0 Å². The number of aliphatic hydroxyl groups is 1. The van der Waals surface area contributed by atoms with Crippen LogP contribution in [0.3, 0.4) is 0 Å². The van der Waals surface area contributed by atoms with E-state index < -0.39 is 17.7 Å². The molecule has 4 aromatic rings. The van der Waals surface area contributed by atoms with Crippen molar-refractivity contribution in [3.8, 4) is 11.5 Å². The summed E-state index contributed by atoms with van der Waals surface area (Å²) in [4.78, 5) is 33.2. The Morgan fingerprint density at radius 2 is 1.97 bits per heavy atom. The van der Waals surface area contributed by atoms with Crippen LogP contribution in [0.5, 0.6) is 11.5 Å². The number of carbonyl (C=O) groups excluding carboxylic acids is 2. The predicted molar refractivity (Wildman–Crippen MR) is 152 cm³/mol. The maximum absolute atomic E-state index is 13.6. The summed E-state index contributed by atoms with van der Waals surface area (Å²) < 4.78 is 12.3. The Balaban J connectivity index is 1.50. The number of hydrogen-bond donors (Lipinski definition) is 1. The Labute approximate surface area is 229 Å². The summed E-state index contributed by atoms with van der Waals surface area (Å²) in [5.41, 5.74) is 3.88. The first kappa shape index (κ1) is 24.9. The molecule has 1 fully saturated rings. The van der Waals surface area contributed by atoms with Crippen LogP contribution in [-0.2, 0) is 16.0 Å². The number of aliphatic hydroxyl groups excluding tert-OH is 1. The SMILES string of the molecule is C=CCOc1ccc(C2/C(=C(/O)c3ccc4c(c3)CC(C)O4)C(=O)C(=O)N2c2nc3ccc(C)cc3s2)cc1. The second kappa shape index (κ2) is 9.71. The van der Waals surface area contributed by atoms with Crippen molar-refractivity contribution >= 4 is 44.1 Å². The number of hydrogen-bond acceptors (Lipinski definition) is 7. The van der Waals surface area contributed by atoms with E-state index >= 15 is 0 Å². The minimum absolute atomic E-state index is 0.0158. The maximum atomic E-state index is 13.6. The molecule has 2 atom stereocenters. The van der Waals surface area contributed by atoms with E-state index in [-0.39, 0.29) is 17.4 Å². The van der Waals surface area contributed by atoms with Crippen LogP contribution < -0.4 is 14.4 Å². The molecule has 2 unspecified atom stereocenters. The molecule has 3 heterocycles. The predicted octanol–water partition coefficient (Wildman–Crippen LogP) is 6.12. The number of thiazole rings is 1. The molecule has 1 amide bonds. The van der Waals surface area contributed by atoms with Gasteiger partial charge in [0.25, 0.3) is 5.78 Å². The van der Waals surface area contributed by atoms with E-state index in [0.717, 1.165) is 27.1 Å². The zero-order valence-electron chi connectivity index (χ0n) is 21.5. The molecule has 1 saturated heterocycles. The van der Waals surface area contributed by atoms with Gasteiger partial charge in [0, 0.05) is 12.0 Å². The second-order valence-corrected chi connectivity index (χ2v) is 10.8. The minimum atomic E-state index is -0.872. The van der Waals surface area contributed by atoms with Gasteiger partial charge in [-0.05, 0) is 73.0 Å². The van der Waals surface area contributed by atoms with Crippen LogP contribution in [0.4, 0.5) is 5.13 Å². The van der Waals surface area contributed by atoms with E-state index in [1.807, 2.05) is 38.1 Å². The lowest BCUT2D eigenvalue weighted by atomic mass is 9.94. The molecule has 7 nitrogen and oxygen atoms in total. The Hall–Kier alpha value is -4.43. The molecule has 0 aliphatic carbocycles. The van der Waals surface area contributed by atoms with Crippen molar-refractivity contribution < 1.29 is 24.2 Å². The fraction of sp³-hybridized carbons (Fsp3) is 0.194. The molecular formula is C31H26N2O5S. The van der Waals surface area contributed by atoms with Crippen molar-refractivity contribution in [1.29, 1.82) is 0 Å². The summed E-state index contributed by atoms with van der Waals surface area (Å²) in [6.07, 6.45) is 2.39. The summed E-state index contributed by atoms with van der Waals surface area (Å²) >= 11 is 1.34. The number of Topliss-reactive ketones (excluding diaryl/α,β-unsaturated/α-hetero) is 1. The molecule has 1 aromatic heterocycles. The largest absolute Gasteiger partial charge is 0.507 e. The number of benzene rings is 3. The number of amides is 1. The first-order valence-corrected chi connectivity index (χ1v) is 13.5. The zero-order chi connectivity index (χ0) is 27.3. The van der Waals surface area contributed by atoms with Gasteiger partial charge in [-0.2, -0.15) is 0 Å². The molecule has 8 heteroatoms. The third-order valence-electron chi connectivity index (χ3n) is 6.92. The molecule has 0 radical (unpaired) electrons. The standard InChI is InChI=1S/C31H26N2O5S/c1-4-13-37-22-9-6-19(7-10-22)27-26(28(34)20-8-12-24-21(16-20)15-18(3)38-24)29(35)30(36)33(27)31-32-23-11-5-17(2)14-25(23)39-31/h4-12,14,16,18,27,34H,1,13,15H2,2-3H3/b28-26-. The number of nitrogens with zero attached hydrogens (tertiary/aromatic N) is 2. The highest BCUT2D eigenvalue weighted by molar-refractivity contribution is 7.22. The fourth-order valence-electron chi connectivity index (χ4n) is 5.09. The number of fused-ring (bicyclic) bond motifs is 2. The highest BCUT2D eigenvalue weighted by Crippen LogP contribution is 2.45. The first-order valence-electron chi connectivity index (χ1n) is 12.7. The maximum Gasteiger partial charge on any atom is 0.301 e. The third kappa shape index (κ3) is 4.36. The number of ketones is 1. The second-order valence-electron chi connectivity index (χ2n) is 9.76. The summed E-state index contributed by atoms with van der Waals surface area (Å²) in [5, 5.41) is 11.9. The van der Waals surface area contributed by atoms with Gasteiger partial charge in [0.15, 0.2) is 5.13 Å². The van der Waals surface area contributed by atoms with Crippen molar-refractivity contribution in [2.45, 2.75) is 32.4 Å². The van der Waals surface area contributed by atoms with Crippen molar-refractivity contribution in [1.82, 2.24) is 4.98 Å². The molecule has 2 aliphatic rings. The van der Waals surface area contributed by atoms with Crippen molar-refractivity contribution in [3.05, 3.63) is 101 Å². The average Bonchev–Trinajstić information content (AvgIpc) is 3.59. The Bertz CT molecular complexity index is 1670. The van der Waals surface area contributed by atoms with E-state index in [4.69, 9.17) is 14.5 Å². The van der Waals surface area contributed by atoms with Crippen LogP contribution in [0, 0.1) is 6.92 Å². The van der Waals surface area contributed by atoms with Gasteiger partial charge >= 0.3 is 5.91 Å². The molecule has 2 aliphatic heterocycles. The van der Waals surface area contributed by atoms with Crippen molar-refractivity contribution in [2.24, 2.45) is 0 Å². The van der Waals surface area contributed by atoms with Crippen LogP contribution >= 0.6 is 11.3 Å². The average molecular weight is 539 g/mol. The van der Waals surface area contributed by atoms with Gasteiger partial charge in [-0.15, -0.1) is 0 Å². The van der Waals surface area contributed by atoms with Crippen LogP contribution in [0.2, 0.25) is 0 Å². The first-order chi connectivity index (χ1) is 18.8. The Morgan fingerprint density at radius 3 is 2.74 bits per heavy atom. The highest BCUT2D eigenvalue weighted by atomic mass is 32.1. The van der Waals surface area contributed by atoms with Gasteiger partial charge in [-0.1, -0.05) is 42.2 Å². The number of anilines is 1. The molecule has 6 rings (SSSR count). The lowest BCUT2D eigenvalue weighted by Gasteiger charge is -2.23. The summed E-state index contributed by atoms with van der Waals surface area (Å²) in [6, 6.07) is 17.5. The molecule has 196 valence electrons. The molecule has 3 aromatic carbocycles. The quantitative estimate of drug-likeness (QED) is 0.138. The molecule has 0 bridgehead atoms. The molecule has 0 spiro atoms. The number of rotatable bonds is 6. The highest BCUT2D eigenvalue weighted by Gasteiger charge is 2.48. The van der Waals surface area contributed by atoms with Crippen molar-refractivity contribution in [3.63, 3.8) is 0 Å². The third-order valence-corrected chi connectivity index (χ3v) is 7.93. The number of ether oxygens (including phenoxy) is 2. The Morgan fingerprint density at radius 1 is 1.18 bits per heavy atom. The minimum Gasteiger partial charge on any atom is -0.507 e. The normalized spacial score (nSPS) is 19.8. The van der Waals surface area contributed by atoms with E-state index in [1.54, 1.807) is 42.5 Å². The summed E-state index contributed by atoms with van der Waals surface area (Å²) in [6.45, 7) is 7.99. The number of aromatic nitrogens is 1. The van der Waals surface area contributed by atoms with Crippen molar-refractivity contribution in [2.75, 3.05) is 11.5 Å². The van der Waals surface area contributed by atoms with Gasteiger partial charge < -0.3 is 14.6 Å². The van der Waals surface area contributed by atoms with E-state index in [0.29, 0.717) is 35.0 Å². The van der Waals surface area contributed by atoms with Gasteiger partial charge in [0.05, 0.1) is 21.8 Å². The van der Waals surface area contributed by atoms with E-state index in [2.05, 4.69) is 6.58 Å². The molecular weight excluding hydrogens is 512 g/mol. The summed E-state index contributed by atoms with van der Waals surface area (Å²) in [7, 11) is 0. The summed E-state index contributed by atoms with van der Waals surface area (Å²) in [5.74, 6) is -0.339. The van der Waals surface area contributed by atoms with Gasteiger partial charge in [-0.3, -0.25) is 14.5 Å². The topological polar surface area (TPSA) is 89.0 Å². The number of aryl methyl sites for hydroxylation is 1. The van der Waals surface area contributed by atoms with Crippen LogP contribution in [0.15, 0.2) is 78.9 Å². The van der Waals surface area contributed by atoms with Crippen LogP contribution in [0.25, 0.3) is 16.0 Å². The Kier molecular flexibility index (Phi) is 6.19. The molecule has 0 saturated carbocycles. The number of carbonyl (C=O) groups is 2. The zero-order valence-corrected chi connectivity index (χ0v) is 22.3. The molecule has 39 heavy (non-hydrogen) atoms. The monoisotopic (exact) mass is 538 g/mol. The van der Waals surface area contributed by atoms with Gasteiger partial charge in [0.1, 0.15) is 30.0 Å².